The molecule has 0 amide bonds. The zero-order chi connectivity index (χ0) is 29.3. The van der Waals surface area contributed by atoms with Gasteiger partial charge in [-0.2, -0.15) is 0 Å². The van der Waals surface area contributed by atoms with Crippen molar-refractivity contribution in [3.63, 3.8) is 0 Å². The number of carboxylic acids is 1. The van der Waals surface area contributed by atoms with Crippen molar-refractivity contribution in [1.29, 1.82) is 0 Å². The molecule has 2 aromatic heterocycles. The van der Waals surface area contributed by atoms with Gasteiger partial charge in [0.25, 0.3) is 5.56 Å². The van der Waals surface area contributed by atoms with Gasteiger partial charge in [-0.05, 0) is 44.2 Å². The number of allylic oxidation sites excluding steroid dienone is 1. The third-order valence-corrected chi connectivity index (χ3v) is 7.56. The highest BCUT2D eigenvalue weighted by Gasteiger charge is 2.35. The van der Waals surface area contributed by atoms with Crippen LogP contribution in [0.2, 0.25) is 0 Å². The number of benzene rings is 2. The zero-order valence-corrected chi connectivity index (χ0v) is 23.5. The fourth-order valence-corrected chi connectivity index (χ4v) is 5.75. The van der Waals surface area contributed by atoms with E-state index in [1.165, 1.54) is 24.9 Å². The molecule has 4 aromatic rings. The quantitative estimate of drug-likeness (QED) is 0.315. The number of fused-ring (bicyclic) bond motifs is 1. The maximum atomic E-state index is 13.9. The summed E-state index contributed by atoms with van der Waals surface area (Å²) in [6.07, 6.45) is 1.57. The first-order valence-corrected chi connectivity index (χ1v) is 13.4. The van der Waals surface area contributed by atoms with Crippen LogP contribution in [0.4, 0.5) is 0 Å². The summed E-state index contributed by atoms with van der Waals surface area (Å²) in [5, 5.41) is 9.54. The number of carbonyl (C=O) groups excluding carboxylic acids is 1. The van der Waals surface area contributed by atoms with Crippen LogP contribution in [-0.2, 0) is 9.53 Å². The molecule has 0 fully saturated rings. The largest absolute Gasteiger partial charge is 0.497 e. The molecule has 1 atom stereocenters. The van der Waals surface area contributed by atoms with Crippen molar-refractivity contribution in [2.75, 3.05) is 20.8 Å². The summed E-state index contributed by atoms with van der Waals surface area (Å²) in [5.74, 6) is 0.0173. The molecule has 0 aliphatic carbocycles. The summed E-state index contributed by atoms with van der Waals surface area (Å²) in [6, 6.07) is 14.1. The minimum atomic E-state index is -1.08. The lowest BCUT2D eigenvalue weighted by Gasteiger charge is -2.26. The number of carboxylic acid groups (broad SMARTS) is 1. The van der Waals surface area contributed by atoms with Crippen LogP contribution < -0.4 is 24.4 Å². The minimum Gasteiger partial charge on any atom is -0.497 e. The monoisotopic (exact) mass is 574 g/mol. The Morgan fingerprint density at radius 2 is 1.90 bits per heavy atom. The lowest BCUT2D eigenvalue weighted by Crippen LogP contribution is -2.40. The lowest BCUT2D eigenvalue weighted by molar-refractivity contribution is -0.139. The third kappa shape index (κ3) is 5.07. The minimum absolute atomic E-state index is 0.100. The molecule has 41 heavy (non-hydrogen) atoms. The van der Waals surface area contributed by atoms with E-state index in [1.807, 2.05) is 0 Å². The molecule has 0 spiro atoms. The molecular weight excluding hydrogens is 548 g/mol. The smallest absolute Gasteiger partial charge is 0.338 e. The van der Waals surface area contributed by atoms with Gasteiger partial charge in [-0.25, -0.2) is 14.6 Å². The van der Waals surface area contributed by atoms with E-state index in [0.717, 1.165) is 11.3 Å². The van der Waals surface area contributed by atoms with Gasteiger partial charge in [0.1, 0.15) is 29.1 Å². The van der Waals surface area contributed by atoms with Gasteiger partial charge in [0.15, 0.2) is 4.80 Å². The van der Waals surface area contributed by atoms with Gasteiger partial charge in [0, 0.05) is 23.3 Å². The Labute approximate surface area is 238 Å². The van der Waals surface area contributed by atoms with E-state index < -0.39 is 23.5 Å². The van der Waals surface area contributed by atoms with Gasteiger partial charge < -0.3 is 23.7 Å². The summed E-state index contributed by atoms with van der Waals surface area (Å²) in [5.41, 5.74) is 1.33. The SMILES string of the molecule is CCOC(=O)C1=C(C)N=c2s/c(=C\c3ccc(-c4ccccc4C(=O)O)o3)c(=O)n2[C@@H]1c1ccc(OC)cc1OC. The van der Waals surface area contributed by atoms with E-state index in [9.17, 15) is 19.5 Å². The predicted molar refractivity (Wildman–Crippen MR) is 151 cm³/mol. The first-order chi connectivity index (χ1) is 19.8. The maximum absolute atomic E-state index is 13.9. The Bertz CT molecular complexity index is 1880. The molecular formula is C30H26N2O8S. The van der Waals surface area contributed by atoms with Crippen LogP contribution in [-0.4, -0.2) is 42.4 Å². The van der Waals surface area contributed by atoms with Crippen molar-refractivity contribution < 1.29 is 33.3 Å². The third-order valence-electron chi connectivity index (χ3n) is 6.58. The predicted octanol–water partition coefficient (Wildman–Crippen LogP) is 3.77. The van der Waals surface area contributed by atoms with Crippen molar-refractivity contribution in [3.8, 4) is 22.8 Å². The number of aromatic nitrogens is 1. The average Bonchev–Trinajstić information content (AvgIpc) is 3.56. The summed E-state index contributed by atoms with van der Waals surface area (Å²) in [7, 11) is 3.03. The molecule has 10 nitrogen and oxygen atoms in total. The highest BCUT2D eigenvalue weighted by Crippen LogP contribution is 2.37. The van der Waals surface area contributed by atoms with Gasteiger partial charge in [-0.3, -0.25) is 9.36 Å². The molecule has 0 radical (unpaired) electrons. The molecule has 1 N–H and O–H groups in total. The zero-order valence-electron chi connectivity index (χ0n) is 22.7. The fraction of sp³-hybridized carbons (Fsp3) is 0.200. The number of hydrogen-bond acceptors (Lipinski definition) is 9. The molecule has 5 rings (SSSR count). The Hall–Kier alpha value is -4.90. The summed E-state index contributed by atoms with van der Waals surface area (Å²) in [4.78, 5) is 43.7. The van der Waals surface area contributed by atoms with E-state index in [0.29, 0.717) is 49.2 Å². The molecule has 0 saturated heterocycles. The van der Waals surface area contributed by atoms with Crippen LogP contribution in [0, 0.1) is 0 Å². The number of furan rings is 1. The van der Waals surface area contributed by atoms with E-state index in [4.69, 9.17) is 18.6 Å². The normalized spacial score (nSPS) is 14.8. The molecule has 0 saturated carbocycles. The van der Waals surface area contributed by atoms with Gasteiger partial charge in [-0.1, -0.05) is 29.5 Å². The Morgan fingerprint density at radius 3 is 2.61 bits per heavy atom. The van der Waals surface area contributed by atoms with Crippen LogP contribution >= 0.6 is 11.3 Å². The molecule has 0 unspecified atom stereocenters. The number of thiazole rings is 1. The number of ether oxygens (including phenoxy) is 3. The lowest BCUT2D eigenvalue weighted by atomic mass is 9.95. The topological polar surface area (TPSA) is 130 Å². The second-order valence-corrected chi connectivity index (χ2v) is 9.97. The summed E-state index contributed by atoms with van der Waals surface area (Å²) in [6.45, 7) is 3.56. The number of esters is 1. The second-order valence-electron chi connectivity index (χ2n) is 8.96. The molecule has 1 aliphatic rings. The number of aromatic carboxylic acids is 1. The van der Waals surface area contributed by atoms with Crippen LogP contribution in [0.25, 0.3) is 17.4 Å². The average molecular weight is 575 g/mol. The number of methoxy groups -OCH3 is 2. The van der Waals surface area contributed by atoms with E-state index in [-0.39, 0.29) is 17.7 Å². The van der Waals surface area contributed by atoms with Crippen LogP contribution in [0.1, 0.15) is 41.6 Å². The van der Waals surface area contributed by atoms with E-state index in [2.05, 4.69) is 4.99 Å². The van der Waals surface area contributed by atoms with Crippen molar-refractivity contribution in [1.82, 2.24) is 4.57 Å². The Kier molecular flexibility index (Phi) is 7.62. The Morgan fingerprint density at radius 1 is 1.12 bits per heavy atom. The van der Waals surface area contributed by atoms with Crippen molar-refractivity contribution in [2.24, 2.45) is 4.99 Å². The molecule has 1 aliphatic heterocycles. The molecule has 210 valence electrons. The summed E-state index contributed by atoms with van der Waals surface area (Å²) < 4.78 is 24.0. The Balaban J connectivity index is 1.67. The first-order valence-electron chi connectivity index (χ1n) is 12.6. The van der Waals surface area contributed by atoms with Gasteiger partial charge in [0.05, 0.1) is 42.2 Å². The highest BCUT2D eigenvalue weighted by molar-refractivity contribution is 7.07. The van der Waals surface area contributed by atoms with Crippen LogP contribution in [0.3, 0.4) is 0 Å². The van der Waals surface area contributed by atoms with Gasteiger partial charge >= 0.3 is 11.9 Å². The number of nitrogens with zero attached hydrogens (tertiary/aromatic N) is 2. The van der Waals surface area contributed by atoms with Gasteiger partial charge in [0.2, 0.25) is 0 Å². The first kappa shape index (κ1) is 27.7. The van der Waals surface area contributed by atoms with E-state index in [1.54, 1.807) is 68.5 Å². The number of carbonyl (C=O) groups is 2. The number of hydrogen-bond donors (Lipinski definition) is 1. The molecule has 11 heteroatoms. The van der Waals surface area contributed by atoms with E-state index >= 15 is 0 Å². The highest BCUT2D eigenvalue weighted by atomic mass is 32.1. The van der Waals surface area contributed by atoms with Crippen LogP contribution in [0.15, 0.2) is 80.1 Å². The van der Waals surface area contributed by atoms with Crippen molar-refractivity contribution in [2.45, 2.75) is 19.9 Å². The van der Waals surface area contributed by atoms with Crippen molar-refractivity contribution >= 4 is 29.4 Å². The molecule has 3 heterocycles. The fourth-order valence-electron chi connectivity index (χ4n) is 4.72. The maximum Gasteiger partial charge on any atom is 0.338 e. The van der Waals surface area contributed by atoms with Gasteiger partial charge in [-0.15, -0.1) is 0 Å². The summed E-state index contributed by atoms with van der Waals surface area (Å²) >= 11 is 1.14. The molecule has 2 aromatic carbocycles. The number of rotatable bonds is 8. The van der Waals surface area contributed by atoms with Crippen molar-refractivity contribution in [3.05, 3.63) is 102 Å². The second kappa shape index (κ2) is 11.3. The molecule has 0 bridgehead atoms. The standard InChI is InChI=1S/C30H26N2O8S/c1-5-39-29(36)25-16(2)31-30-32(26(25)21-12-10-17(37-3)14-23(21)38-4)27(33)24(41-30)15-18-11-13-22(40-18)19-8-6-7-9-20(19)28(34)35/h6-15,26H,5H2,1-4H3,(H,34,35)/b24-15-/t26-/m1/s1. The van der Waals surface area contributed by atoms with Crippen LogP contribution in [0.5, 0.6) is 11.5 Å².